The van der Waals surface area contributed by atoms with Crippen molar-refractivity contribution >= 4 is 53.0 Å². The normalized spacial score (nSPS) is 38.0. The average molecular weight is 216 g/mol. The summed E-state index contributed by atoms with van der Waals surface area (Å²) in [5.41, 5.74) is 0. The van der Waals surface area contributed by atoms with Gasteiger partial charge in [-0.15, -0.1) is 0 Å². The van der Waals surface area contributed by atoms with Gasteiger partial charge in [0.25, 0.3) is 0 Å². The molecule has 1 fully saturated rings. The highest BCUT2D eigenvalue weighted by molar-refractivity contribution is 9.13. The molecule has 1 saturated heterocycles. The van der Waals surface area contributed by atoms with Crippen molar-refractivity contribution < 1.29 is 0 Å². The van der Waals surface area contributed by atoms with E-state index in [-0.39, 0.29) is 0 Å². The molecule has 0 aromatic rings. The predicted octanol–water partition coefficient (Wildman–Crippen LogP) is 4.10. The van der Waals surface area contributed by atoms with Crippen molar-refractivity contribution in [2.45, 2.75) is 23.0 Å². The quantitative estimate of drug-likeness (QED) is 0.557. The van der Waals surface area contributed by atoms with Gasteiger partial charge in [0.1, 0.15) is 0 Å². The lowest BCUT2D eigenvalue weighted by Crippen LogP contribution is -1.81. The standard InChI is InChI=1S/C4H8S5/c1-3-5-6-4(2)8-9-7-3/h3-4H,1-2H3/t3-,4-/m0/s1. The van der Waals surface area contributed by atoms with Gasteiger partial charge < -0.3 is 0 Å². The zero-order valence-electron chi connectivity index (χ0n) is 5.20. The molecule has 0 unspecified atom stereocenters. The van der Waals surface area contributed by atoms with E-state index >= 15 is 0 Å². The van der Waals surface area contributed by atoms with E-state index in [0.29, 0.717) is 0 Å². The van der Waals surface area contributed by atoms with Crippen LogP contribution in [0.5, 0.6) is 0 Å². The molecule has 0 aromatic carbocycles. The maximum Gasteiger partial charge on any atom is 0.0690 e. The molecular formula is C4H8S5. The molecule has 0 nitrogen and oxygen atoms in total. The van der Waals surface area contributed by atoms with Crippen molar-refractivity contribution in [3.63, 3.8) is 0 Å². The van der Waals surface area contributed by atoms with Crippen LogP contribution >= 0.6 is 53.0 Å². The van der Waals surface area contributed by atoms with Gasteiger partial charge in [-0.2, -0.15) is 0 Å². The highest BCUT2D eigenvalue weighted by Crippen LogP contribution is 2.54. The van der Waals surface area contributed by atoms with E-state index in [0.717, 1.165) is 9.16 Å². The van der Waals surface area contributed by atoms with Crippen LogP contribution in [-0.4, -0.2) is 9.16 Å². The van der Waals surface area contributed by atoms with Gasteiger partial charge in [-0.25, -0.2) is 0 Å². The van der Waals surface area contributed by atoms with Crippen LogP contribution in [0.1, 0.15) is 13.8 Å². The second kappa shape index (κ2) is 4.59. The smallest absolute Gasteiger partial charge is 0.0690 e. The second-order valence-electron chi connectivity index (χ2n) is 1.59. The van der Waals surface area contributed by atoms with Crippen molar-refractivity contribution in [3.05, 3.63) is 0 Å². The molecule has 1 rings (SSSR count). The molecule has 1 heterocycles. The van der Waals surface area contributed by atoms with Crippen LogP contribution in [0.4, 0.5) is 0 Å². The molecule has 1 aliphatic heterocycles. The Bertz CT molecular complexity index is 75.0. The summed E-state index contributed by atoms with van der Waals surface area (Å²) in [6.45, 7) is 4.52. The Balaban J connectivity index is 2.25. The fraction of sp³-hybridized carbons (Fsp3) is 1.00. The molecule has 0 spiro atoms. The first-order valence-corrected chi connectivity index (χ1v) is 8.48. The predicted molar refractivity (Wildman–Crippen MR) is 56.9 cm³/mol. The topological polar surface area (TPSA) is 0 Å². The molecule has 0 saturated carbocycles. The zero-order valence-corrected chi connectivity index (χ0v) is 9.28. The third-order valence-corrected chi connectivity index (χ3v) is 10.3. The summed E-state index contributed by atoms with van der Waals surface area (Å²) in [5.74, 6) is 0. The summed E-state index contributed by atoms with van der Waals surface area (Å²) in [7, 11) is 9.82. The van der Waals surface area contributed by atoms with Crippen LogP contribution in [0.3, 0.4) is 0 Å². The van der Waals surface area contributed by atoms with E-state index in [2.05, 4.69) is 13.8 Å². The van der Waals surface area contributed by atoms with Crippen LogP contribution in [0, 0.1) is 0 Å². The van der Waals surface area contributed by atoms with Crippen molar-refractivity contribution in [3.8, 4) is 0 Å². The van der Waals surface area contributed by atoms with E-state index < -0.39 is 0 Å². The fourth-order valence-electron chi connectivity index (χ4n) is 0.322. The van der Waals surface area contributed by atoms with Gasteiger partial charge in [-0.05, 0) is 23.7 Å². The maximum atomic E-state index is 2.26. The van der Waals surface area contributed by atoms with Gasteiger partial charge in [-0.3, -0.25) is 0 Å². The first-order chi connectivity index (χ1) is 4.29. The first-order valence-electron chi connectivity index (χ1n) is 2.60. The van der Waals surface area contributed by atoms with E-state index in [1.54, 1.807) is 0 Å². The summed E-state index contributed by atoms with van der Waals surface area (Å²) in [6.07, 6.45) is 0. The minimum atomic E-state index is 0.748. The molecule has 9 heavy (non-hydrogen) atoms. The van der Waals surface area contributed by atoms with E-state index in [1.807, 2.05) is 53.0 Å². The third kappa shape index (κ3) is 3.60. The van der Waals surface area contributed by atoms with Crippen LogP contribution < -0.4 is 0 Å². The molecule has 0 aromatic heterocycles. The zero-order chi connectivity index (χ0) is 6.69. The van der Waals surface area contributed by atoms with Crippen molar-refractivity contribution in [2.24, 2.45) is 0 Å². The molecule has 0 bridgehead atoms. The van der Waals surface area contributed by atoms with Gasteiger partial charge in [0.2, 0.25) is 0 Å². The summed E-state index contributed by atoms with van der Waals surface area (Å²) in [4.78, 5) is 0. The summed E-state index contributed by atoms with van der Waals surface area (Å²) >= 11 is 0. The van der Waals surface area contributed by atoms with Gasteiger partial charge in [0.15, 0.2) is 0 Å². The van der Waals surface area contributed by atoms with Crippen LogP contribution in [-0.2, 0) is 0 Å². The summed E-state index contributed by atoms with van der Waals surface area (Å²) in [6, 6.07) is 0. The molecule has 1 aliphatic rings. The minimum Gasteiger partial charge on any atom is -0.0779 e. The Morgan fingerprint density at radius 1 is 0.778 bits per heavy atom. The van der Waals surface area contributed by atoms with Gasteiger partial charge >= 0.3 is 0 Å². The number of hydrogen-bond donors (Lipinski definition) is 0. The van der Waals surface area contributed by atoms with E-state index in [4.69, 9.17) is 0 Å². The largest absolute Gasteiger partial charge is 0.0779 e. The molecule has 0 radical (unpaired) electrons. The van der Waals surface area contributed by atoms with Crippen LogP contribution in [0.2, 0.25) is 0 Å². The number of rotatable bonds is 0. The molecule has 5 heteroatoms. The van der Waals surface area contributed by atoms with Gasteiger partial charge in [0, 0.05) is 0 Å². The average Bonchev–Trinajstić information content (AvgIpc) is 1.97. The van der Waals surface area contributed by atoms with Gasteiger partial charge in [-0.1, -0.05) is 43.2 Å². The maximum absolute atomic E-state index is 2.26. The van der Waals surface area contributed by atoms with Crippen molar-refractivity contribution in [1.29, 1.82) is 0 Å². The highest BCUT2D eigenvalue weighted by Gasteiger charge is 2.14. The first kappa shape index (κ1) is 8.84. The summed E-state index contributed by atoms with van der Waals surface area (Å²) in [5, 5.41) is 0. The molecule has 0 N–H and O–H groups in total. The fourth-order valence-corrected chi connectivity index (χ4v) is 10.2. The Hall–Kier alpha value is 1.75. The molecule has 2 atom stereocenters. The van der Waals surface area contributed by atoms with Crippen LogP contribution in [0.25, 0.3) is 0 Å². The van der Waals surface area contributed by atoms with E-state index in [9.17, 15) is 0 Å². The molecule has 54 valence electrons. The van der Waals surface area contributed by atoms with E-state index in [1.165, 1.54) is 0 Å². The van der Waals surface area contributed by atoms with Crippen LogP contribution in [0.15, 0.2) is 0 Å². The Labute approximate surface area is 75.6 Å². The van der Waals surface area contributed by atoms with Gasteiger partial charge in [0.05, 0.1) is 9.16 Å². The second-order valence-corrected chi connectivity index (χ2v) is 9.86. The SMILES string of the molecule is C[C@@H]1SSS[C@@H](C)SS1. The Morgan fingerprint density at radius 2 is 1.22 bits per heavy atom. The lowest BCUT2D eigenvalue weighted by Gasteiger charge is -2.02. The summed E-state index contributed by atoms with van der Waals surface area (Å²) < 4.78 is 1.50. The highest BCUT2D eigenvalue weighted by atomic mass is 33.5. The molecular weight excluding hydrogens is 208 g/mol. The third-order valence-electron chi connectivity index (χ3n) is 0.676. The monoisotopic (exact) mass is 216 g/mol. The Kier molecular flexibility index (Phi) is 4.51. The Morgan fingerprint density at radius 3 is 1.67 bits per heavy atom. The molecule has 0 aliphatic carbocycles. The lowest BCUT2D eigenvalue weighted by atomic mass is 11.0. The number of hydrogen-bond acceptors (Lipinski definition) is 5. The molecule has 0 amide bonds. The minimum absolute atomic E-state index is 0.748. The van der Waals surface area contributed by atoms with Crippen molar-refractivity contribution in [2.75, 3.05) is 0 Å². The van der Waals surface area contributed by atoms with Crippen molar-refractivity contribution in [1.82, 2.24) is 0 Å². The lowest BCUT2D eigenvalue weighted by molar-refractivity contribution is 1.44.